The fraction of sp³-hybridized carbons (Fsp3) is 0.750. The van der Waals surface area contributed by atoms with Crippen LogP contribution in [0.25, 0.3) is 0 Å². The molecule has 0 unspecified atom stereocenters. The number of nitrogens with zero attached hydrogens (tertiary/aromatic N) is 3. The third-order valence-electron chi connectivity index (χ3n) is 6.64. The molecule has 4 rings (SSSR count). The number of rotatable bonds is 5. The Morgan fingerprint density at radius 3 is 2.75 bits per heavy atom. The molecule has 1 spiro atoms. The first-order chi connectivity index (χ1) is 11.8. The summed E-state index contributed by atoms with van der Waals surface area (Å²) in [7, 11) is 1.84. The van der Waals surface area contributed by atoms with Crippen LogP contribution in [0.1, 0.15) is 44.1 Å². The topological polar surface area (TPSA) is 28.6 Å². The van der Waals surface area contributed by atoms with Crippen molar-refractivity contribution in [3.63, 3.8) is 0 Å². The number of likely N-dealkylation sites (tertiary alicyclic amines) is 2. The lowest BCUT2D eigenvalue weighted by atomic mass is 9.75. The number of hydrogen-bond acceptors (Lipinski definition) is 4. The molecule has 132 valence electrons. The molecule has 1 aromatic rings. The first kappa shape index (κ1) is 16.5. The summed E-state index contributed by atoms with van der Waals surface area (Å²) in [5, 5.41) is 0. The minimum atomic E-state index is 0.519. The molecule has 0 bridgehead atoms. The van der Waals surface area contributed by atoms with Gasteiger partial charge in [-0.05, 0) is 62.2 Å². The van der Waals surface area contributed by atoms with Crippen molar-refractivity contribution in [2.24, 2.45) is 5.41 Å². The van der Waals surface area contributed by atoms with Gasteiger partial charge >= 0.3 is 0 Å². The van der Waals surface area contributed by atoms with E-state index in [1.807, 2.05) is 25.6 Å². The Labute approximate surface area is 146 Å². The second kappa shape index (κ2) is 7.11. The maximum atomic E-state index is 5.55. The predicted molar refractivity (Wildman–Crippen MR) is 95.8 cm³/mol. The highest BCUT2D eigenvalue weighted by atomic mass is 16.5. The normalized spacial score (nSPS) is 28.3. The summed E-state index contributed by atoms with van der Waals surface area (Å²) in [6.45, 7) is 5.72. The van der Waals surface area contributed by atoms with Gasteiger partial charge in [-0.2, -0.15) is 0 Å². The highest BCUT2D eigenvalue weighted by Crippen LogP contribution is 2.45. The maximum Gasteiger partial charge on any atom is 0.0618 e. The van der Waals surface area contributed by atoms with E-state index in [2.05, 4.69) is 20.9 Å². The fourth-order valence-electron chi connectivity index (χ4n) is 5.00. The molecule has 3 heterocycles. The number of hydrogen-bond donors (Lipinski definition) is 0. The molecule has 3 fully saturated rings. The Balaban J connectivity index is 1.40. The highest BCUT2D eigenvalue weighted by molar-refractivity contribution is 5.10. The van der Waals surface area contributed by atoms with E-state index >= 15 is 0 Å². The van der Waals surface area contributed by atoms with Crippen molar-refractivity contribution < 1.29 is 4.74 Å². The number of pyridine rings is 1. The van der Waals surface area contributed by atoms with Gasteiger partial charge in [0.25, 0.3) is 0 Å². The molecular formula is C20H31N3O. The molecule has 3 aliphatic rings. The summed E-state index contributed by atoms with van der Waals surface area (Å²) in [6, 6.07) is 5.71. The van der Waals surface area contributed by atoms with Crippen LogP contribution in [0.5, 0.6) is 0 Å². The maximum absolute atomic E-state index is 5.55. The van der Waals surface area contributed by atoms with Gasteiger partial charge in [0.2, 0.25) is 0 Å². The summed E-state index contributed by atoms with van der Waals surface area (Å²) in [6.07, 6.45) is 12.2. The van der Waals surface area contributed by atoms with Crippen LogP contribution in [-0.2, 0) is 11.3 Å². The van der Waals surface area contributed by atoms with Gasteiger partial charge in [-0.25, -0.2) is 0 Å². The number of ether oxygens (including phenoxy) is 1. The SMILES string of the molecule is COC[C@@H]1CC2(CCN(C3CCC3)CC2)CN1Cc1cccnc1. The standard InChI is InChI=1S/C20H31N3O/c1-24-15-19-12-20(7-10-22(11-8-20)18-5-2-6-18)16-23(19)14-17-4-3-9-21-13-17/h3-4,9,13,18-19H,2,5-8,10-12,14-16H2,1H3/t19-/m0/s1. The van der Waals surface area contributed by atoms with Crippen LogP contribution in [0, 0.1) is 5.41 Å². The molecule has 1 aliphatic carbocycles. The van der Waals surface area contributed by atoms with Gasteiger partial charge in [0, 0.05) is 44.7 Å². The third-order valence-corrected chi connectivity index (χ3v) is 6.64. The van der Waals surface area contributed by atoms with Crippen LogP contribution in [0.15, 0.2) is 24.5 Å². The fourth-order valence-corrected chi connectivity index (χ4v) is 5.00. The largest absolute Gasteiger partial charge is 0.383 e. The minimum absolute atomic E-state index is 0.519. The molecule has 2 saturated heterocycles. The first-order valence-corrected chi connectivity index (χ1v) is 9.64. The molecule has 0 aromatic carbocycles. The van der Waals surface area contributed by atoms with E-state index in [1.54, 1.807) is 0 Å². The van der Waals surface area contributed by atoms with E-state index in [9.17, 15) is 0 Å². The van der Waals surface area contributed by atoms with Gasteiger partial charge in [-0.3, -0.25) is 9.88 Å². The van der Waals surface area contributed by atoms with Crippen LogP contribution in [-0.4, -0.2) is 60.2 Å². The van der Waals surface area contributed by atoms with Crippen LogP contribution in [0.2, 0.25) is 0 Å². The number of aromatic nitrogens is 1. The molecule has 0 radical (unpaired) electrons. The lowest BCUT2D eigenvalue weighted by Gasteiger charge is -2.45. The lowest BCUT2D eigenvalue weighted by Crippen LogP contribution is -2.48. The summed E-state index contributed by atoms with van der Waals surface area (Å²) in [5.41, 5.74) is 1.84. The van der Waals surface area contributed by atoms with Gasteiger partial charge in [-0.1, -0.05) is 12.5 Å². The lowest BCUT2D eigenvalue weighted by molar-refractivity contribution is 0.0462. The van der Waals surface area contributed by atoms with Crippen LogP contribution in [0.4, 0.5) is 0 Å². The van der Waals surface area contributed by atoms with Crippen molar-refractivity contribution in [2.45, 2.75) is 57.2 Å². The zero-order chi connectivity index (χ0) is 16.4. The molecule has 0 N–H and O–H groups in total. The van der Waals surface area contributed by atoms with Crippen molar-refractivity contribution in [3.05, 3.63) is 30.1 Å². The molecule has 24 heavy (non-hydrogen) atoms. The molecule has 1 aromatic heterocycles. The number of piperidine rings is 1. The van der Waals surface area contributed by atoms with Gasteiger partial charge in [0.05, 0.1) is 6.61 Å². The van der Waals surface area contributed by atoms with Crippen molar-refractivity contribution in [1.29, 1.82) is 0 Å². The Morgan fingerprint density at radius 2 is 2.12 bits per heavy atom. The van der Waals surface area contributed by atoms with Crippen molar-refractivity contribution in [3.8, 4) is 0 Å². The van der Waals surface area contributed by atoms with Crippen LogP contribution >= 0.6 is 0 Å². The van der Waals surface area contributed by atoms with E-state index in [0.717, 1.165) is 19.2 Å². The molecule has 1 atom stereocenters. The second-order valence-electron chi connectivity index (χ2n) is 8.20. The summed E-state index contributed by atoms with van der Waals surface area (Å²) >= 11 is 0. The van der Waals surface area contributed by atoms with Crippen LogP contribution in [0.3, 0.4) is 0 Å². The van der Waals surface area contributed by atoms with Crippen molar-refractivity contribution >= 4 is 0 Å². The monoisotopic (exact) mass is 329 g/mol. The Hall–Kier alpha value is -0.970. The third kappa shape index (κ3) is 3.37. The summed E-state index contributed by atoms with van der Waals surface area (Å²) in [5.74, 6) is 0. The zero-order valence-corrected chi connectivity index (χ0v) is 15.0. The quantitative estimate of drug-likeness (QED) is 0.830. The smallest absolute Gasteiger partial charge is 0.0618 e. The van der Waals surface area contributed by atoms with E-state index in [0.29, 0.717) is 11.5 Å². The Bertz CT molecular complexity index is 523. The van der Waals surface area contributed by atoms with Gasteiger partial charge in [-0.15, -0.1) is 0 Å². The summed E-state index contributed by atoms with van der Waals surface area (Å²) in [4.78, 5) is 9.70. The molecule has 2 aliphatic heterocycles. The molecule has 1 saturated carbocycles. The van der Waals surface area contributed by atoms with Crippen LogP contribution < -0.4 is 0 Å². The number of methoxy groups -OCH3 is 1. The summed E-state index contributed by atoms with van der Waals surface area (Å²) < 4.78 is 5.55. The minimum Gasteiger partial charge on any atom is -0.383 e. The zero-order valence-electron chi connectivity index (χ0n) is 15.0. The Morgan fingerprint density at radius 1 is 1.29 bits per heavy atom. The van der Waals surface area contributed by atoms with Crippen molar-refractivity contribution in [2.75, 3.05) is 33.4 Å². The Kier molecular flexibility index (Phi) is 4.88. The van der Waals surface area contributed by atoms with Gasteiger partial charge < -0.3 is 9.64 Å². The highest BCUT2D eigenvalue weighted by Gasteiger charge is 2.46. The molecular weight excluding hydrogens is 298 g/mol. The molecule has 0 amide bonds. The van der Waals surface area contributed by atoms with Gasteiger partial charge in [0.1, 0.15) is 0 Å². The average Bonchev–Trinajstić information content (AvgIpc) is 2.87. The average molecular weight is 329 g/mol. The van der Waals surface area contributed by atoms with E-state index in [1.165, 1.54) is 63.7 Å². The van der Waals surface area contributed by atoms with Gasteiger partial charge in [0.15, 0.2) is 0 Å². The van der Waals surface area contributed by atoms with E-state index < -0.39 is 0 Å². The predicted octanol–water partition coefficient (Wildman–Crippen LogP) is 2.94. The molecule has 4 heteroatoms. The van der Waals surface area contributed by atoms with Crippen molar-refractivity contribution in [1.82, 2.24) is 14.8 Å². The van der Waals surface area contributed by atoms with E-state index in [4.69, 9.17) is 4.74 Å². The van der Waals surface area contributed by atoms with E-state index in [-0.39, 0.29) is 0 Å². The first-order valence-electron chi connectivity index (χ1n) is 9.64. The second-order valence-corrected chi connectivity index (χ2v) is 8.20. The molecule has 4 nitrogen and oxygen atoms in total.